The Morgan fingerprint density at radius 3 is 3.33 bits per heavy atom. The van der Waals surface area contributed by atoms with Crippen molar-refractivity contribution in [1.29, 1.82) is 0 Å². The van der Waals surface area contributed by atoms with Gasteiger partial charge in [0.1, 0.15) is 6.61 Å². The predicted molar refractivity (Wildman–Crippen MR) is 82.5 cm³/mol. The Balaban J connectivity index is 2.11. The number of cyclic esters (lactones) is 1. The molecule has 3 rings (SSSR count). The summed E-state index contributed by atoms with van der Waals surface area (Å²) in [5.74, 6) is 0. The number of amides is 1. The van der Waals surface area contributed by atoms with E-state index in [9.17, 15) is 4.79 Å². The fourth-order valence-electron chi connectivity index (χ4n) is 2.15. The highest BCUT2D eigenvalue weighted by atomic mass is 16.6. The van der Waals surface area contributed by atoms with Gasteiger partial charge in [-0.05, 0) is 50.1 Å². The summed E-state index contributed by atoms with van der Waals surface area (Å²) in [6.07, 6.45) is -0.218. The van der Waals surface area contributed by atoms with Crippen LogP contribution < -0.4 is 5.31 Å². The van der Waals surface area contributed by atoms with E-state index in [1.165, 1.54) is 6.20 Å². The summed E-state index contributed by atoms with van der Waals surface area (Å²) in [5.41, 5.74) is 0.144. The highest BCUT2D eigenvalue weighted by Crippen LogP contribution is 2.21. The van der Waals surface area contributed by atoms with Gasteiger partial charge in [0, 0.05) is 30.5 Å². The van der Waals surface area contributed by atoms with Crippen LogP contribution in [0.3, 0.4) is 0 Å². The van der Waals surface area contributed by atoms with Crippen LogP contribution >= 0.6 is 0 Å². The van der Waals surface area contributed by atoms with Crippen LogP contribution in [-0.2, 0) is 17.6 Å². The number of hydrogen-bond donors (Lipinski definition) is 2. The fourth-order valence-corrected chi connectivity index (χ4v) is 2.15. The molecule has 0 radical (unpaired) electrons. The van der Waals surface area contributed by atoms with Gasteiger partial charge in [-0.25, -0.2) is 4.79 Å². The molecule has 0 spiro atoms. The second-order valence-corrected chi connectivity index (χ2v) is 4.82. The number of likely N-dealkylation sites (N-methyl/N-ethyl adjacent to an activating group) is 1. The van der Waals surface area contributed by atoms with Crippen molar-refractivity contribution >= 4 is 17.0 Å². The van der Waals surface area contributed by atoms with Crippen LogP contribution in [0.25, 0.3) is 10.9 Å². The van der Waals surface area contributed by atoms with E-state index in [1.807, 2.05) is 0 Å². The van der Waals surface area contributed by atoms with E-state index in [4.69, 9.17) is 18.5 Å². The molecule has 1 atom stereocenters. The number of nitrogens with one attached hydrogen (secondary N) is 2. The van der Waals surface area contributed by atoms with E-state index in [2.05, 4.69) is 0 Å². The predicted octanol–water partition coefficient (Wildman–Crippen LogP) is 1.92. The molecule has 1 fully saturated rings. The first-order valence-electron chi connectivity index (χ1n) is 11.4. The van der Waals surface area contributed by atoms with E-state index in [1.54, 1.807) is 0 Å². The zero-order chi connectivity index (χ0) is 23.5. The molecule has 2 heterocycles. The van der Waals surface area contributed by atoms with Crippen molar-refractivity contribution in [3.63, 3.8) is 0 Å². The number of alkyl carbamates (subject to hydrolysis) is 1. The zero-order valence-electron chi connectivity index (χ0n) is 21.4. The van der Waals surface area contributed by atoms with Crippen molar-refractivity contribution in [2.75, 3.05) is 27.1 Å². The Bertz CT molecular complexity index is 1040. The Morgan fingerprint density at radius 1 is 1.67 bits per heavy atom. The van der Waals surface area contributed by atoms with Gasteiger partial charge in [0.25, 0.3) is 0 Å². The first-order chi connectivity index (χ1) is 14.2. The van der Waals surface area contributed by atoms with Gasteiger partial charge in [-0.2, -0.15) is 0 Å². The van der Waals surface area contributed by atoms with Crippen LogP contribution in [0.4, 0.5) is 4.79 Å². The molecule has 0 aliphatic carbocycles. The molecule has 1 aliphatic heterocycles. The minimum atomic E-state index is -2.71. The molecule has 0 unspecified atom stereocenters. The Morgan fingerprint density at radius 2 is 2.57 bits per heavy atom. The molecule has 1 saturated heterocycles. The largest absolute Gasteiger partial charge is 0.447 e. The summed E-state index contributed by atoms with van der Waals surface area (Å²) in [7, 11) is 1.11. The number of nitrogens with zero attached hydrogens (tertiary/aromatic N) is 1. The molecule has 2 N–H and O–H groups in total. The third-order valence-electron chi connectivity index (χ3n) is 3.15. The highest BCUT2D eigenvalue weighted by Gasteiger charge is 2.22. The second-order valence-electron chi connectivity index (χ2n) is 4.82. The number of fused-ring (bicyclic) bond motifs is 1. The topological polar surface area (TPSA) is 57.4 Å². The monoisotopic (exact) mass is 297 g/mol. The molecule has 5 heteroatoms. The number of carbonyl (C=O) groups is 1. The SMILES string of the molecule is [2H]c1c(C[C@H]2COC(=O)N2[2H])c([2H])c2c(CC([2H])([2H])N(C)C([2H])([2H])[2H])cn([2H])c2c1[2H]. The van der Waals surface area contributed by atoms with Gasteiger partial charge >= 0.3 is 6.09 Å². The molecule has 2 aromatic rings. The fraction of sp³-hybridized carbons (Fsp3) is 0.438. The van der Waals surface area contributed by atoms with Gasteiger partial charge in [-0.1, -0.05) is 6.04 Å². The Kier molecular flexibility index (Phi) is 1.76. The van der Waals surface area contributed by atoms with Crippen molar-refractivity contribution in [1.82, 2.24) is 15.2 Å². The third kappa shape index (κ3) is 3.19. The van der Waals surface area contributed by atoms with E-state index in [-0.39, 0.29) is 53.2 Å². The van der Waals surface area contributed by atoms with Gasteiger partial charge in [0.15, 0.2) is 2.82 Å². The van der Waals surface area contributed by atoms with Crippen molar-refractivity contribution in [3.8, 4) is 0 Å². The van der Waals surface area contributed by atoms with Crippen LogP contribution in [0.15, 0.2) is 24.3 Å². The van der Waals surface area contributed by atoms with Crippen molar-refractivity contribution in [2.24, 2.45) is 0 Å². The summed E-state index contributed by atoms with van der Waals surface area (Å²) in [6, 6.07) is -1.66. The van der Waals surface area contributed by atoms with Crippen molar-refractivity contribution in [2.45, 2.75) is 18.9 Å². The number of H-pyrrole nitrogens is 1. The maximum absolute atomic E-state index is 11.4. The smallest absolute Gasteiger partial charge is 0.407 e. The van der Waals surface area contributed by atoms with E-state index in [0.29, 0.717) is 10.2 Å². The number of hydrogen-bond acceptors (Lipinski definition) is 3. The van der Waals surface area contributed by atoms with E-state index < -0.39 is 32.0 Å². The van der Waals surface area contributed by atoms with Gasteiger partial charge in [-0.15, -0.1) is 0 Å². The molecule has 1 aromatic heterocycles. The number of carbonyl (C=O) groups excluding carboxylic acids is 1. The molecule has 0 bridgehead atoms. The third-order valence-corrected chi connectivity index (χ3v) is 3.15. The zero-order valence-corrected chi connectivity index (χ0v) is 11.4. The van der Waals surface area contributed by atoms with Gasteiger partial charge in [-0.3, -0.25) is 0 Å². The Hall–Kier alpha value is -2.01. The van der Waals surface area contributed by atoms with Crippen LogP contribution in [0.5, 0.6) is 0 Å². The molecule has 1 amide bonds. The number of ether oxygens (including phenoxy) is 1. The van der Waals surface area contributed by atoms with Gasteiger partial charge in [0.2, 0.25) is 0 Å². The summed E-state index contributed by atoms with van der Waals surface area (Å²) in [5, 5.41) is 0.670. The standard InChI is InChI=1S/C16H21N3O2/c1-19(2)6-5-12-9-17-15-4-3-11(8-14(12)15)7-13-10-21-16(20)18-13/h3-4,8-9,13,17H,5-7,10H2,1-2H3,(H,18,20)/t13-/m0/s1/i1D3,3D,4D,6D2,8D/hD2. The maximum Gasteiger partial charge on any atom is 0.407 e. The number of rotatable bonds is 5. The number of benzene rings is 1. The molecule has 21 heavy (non-hydrogen) atoms. The molecule has 112 valence electrons. The minimum Gasteiger partial charge on any atom is -0.447 e. The average molecular weight is 297 g/mol. The lowest BCUT2D eigenvalue weighted by Gasteiger charge is -2.09. The lowest BCUT2D eigenvalue weighted by atomic mass is 10.0. The molecule has 0 saturated carbocycles. The maximum atomic E-state index is 11.4. The summed E-state index contributed by atoms with van der Waals surface area (Å²) < 4.78 is 84.5. The summed E-state index contributed by atoms with van der Waals surface area (Å²) in [6.45, 7) is -5.16. The van der Waals surface area contributed by atoms with Crippen LogP contribution in [0.2, 0.25) is 2.82 Å². The van der Waals surface area contributed by atoms with E-state index >= 15 is 0 Å². The normalized spacial score (nSPS) is 26.9. The van der Waals surface area contributed by atoms with Crippen LogP contribution in [0, 0.1) is 0 Å². The minimum absolute atomic E-state index is 0.0650. The van der Waals surface area contributed by atoms with E-state index in [0.717, 1.165) is 12.0 Å². The molecule has 1 aromatic carbocycles. The number of aromatic nitrogens is 1. The van der Waals surface area contributed by atoms with Crippen molar-refractivity contribution in [3.05, 3.63) is 35.5 Å². The van der Waals surface area contributed by atoms with Crippen molar-refractivity contribution < 1.29 is 23.3 Å². The van der Waals surface area contributed by atoms with Crippen LogP contribution in [-0.4, -0.2) is 49.1 Å². The quantitative estimate of drug-likeness (QED) is 0.886. The molecule has 5 nitrogen and oxygen atoms in total. The number of aryl methyl sites for hydroxylation is 1. The average Bonchev–Trinajstić information content (AvgIpc) is 3.14. The lowest BCUT2D eigenvalue weighted by Crippen LogP contribution is -2.28. The molecular weight excluding hydrogens is 266 g/mol. The first kappa shape index (κ1) is 6.40. The summed E-state index contributed by atoms with van der Waals surface area (Å²) >= 11 is 0. The number of aromatic amines is 1. The van der Waals surface area contributed by atoms with Gasteiger partial charge in [0.05, 0.1) is 10.2 Å². The highest BCUT2D eigenvalue weighted by molar-refractivity contribution is 5.84. The van der Waals surface area contributed by atoms with Gasteiger partial charge < -0.3 is 19.9 Å². The molecular formula is C16H21N3O2. The first-order valence-corrected chi connectivity index (χ1v) is 6.47. The summed E-state index contributed by atoms with van der Waals surface area (Å²) in [4.78, 5) is 12.8. The Labute approximate surface area is 138 Å². The lowest BCUT2D eigenvalue weighted by molar-refractivity contribution is 0.177. The van der Waals surface area contributed by atoms with Crippen LogP contribution in [0.1, 0.15) is 22.1 Å². The second kappa shape index (κ2) is 5.77. The molecule has 1 aliphatic rings.